The van der Waals surface area contributed by atoms with Crippen LogP contribution in [0.15, 0.2) is 18.2 Å². The first kappa shape index (κ1) is 19.8. The highest BCUT2D eigenvalue weighted by Crippen LogP contribution is 2.31. The zero-order valence-electron chi connectivity index (χ0n) is 14.5. The summed E-state index contributed by atoms with van der Waals surface area (Å²) in [5.41, 5.74) is 0.299. The van der Waals surface area contributed by atoms with Crippen molar-refractivity contribution in [2.45, 2.75) is 31.9 Å². The van der Waals surface area contributed by atoms with Crippen LogP contribution >= 0.6 is 11.6 Å². The fraction of sp³-hybridized carbons (Fsp3) is 0.562. The number of rotatable bonds is 7. The van der Waals surface area contributed by atoms with Gasteiger partial charge in [0.1, 0.15) is 11.8 Å². The van der Waals surface area contributed by atoms with Gasteiger partial charge in [-0.05, 0) is 38.0 Å². The molecular weight excluding hydrogens is 368 g/mol. The van der Waals surface area contributed by atoms with Crippen molar-refractivity contribution in [2.24, 2.45) is 0 Å². The Morgan fingerprint density at radius 1 is 1.52 bits per heavy atom. The van der Waals surface area contributed by atoms with E-state index in [1.54, 1.807) is 12.1 Å². The van der Waals surface area contributed by atoms with Crippen molar-refractivity contribution < 1.29 is 22.7 Å². The summed E-state index contributed by atoms with van der Waals surface area (Å²) in [7, 11) is -2.23. The van der Waals surface area contributed by atoms with Gasteiger partial charge in [0.05, 0.1) is 30.2 Å². The van der Waals surface area contributed by atoms with Crippen LogP contribution in [0.4, 0.5) is 5.69 Å². The minimum Gasteiger partial charge on any atom is -0.495 e. The van der Waals surface area contributed by atoms with Gasteiger partial charge in [-0.15, -0.1) is 0 Å². The normalized spacial score (nSPS) is 18.6. The van der Waals surface area contributed by atoms with Gasteiger partial charge in [-0.1, -0.05) is 11.6 Å². The average Bonchev–Trinajstić information content (AvgIpc) is 3.05. The molecule has 7 nitrogen and oxygen atoms in total. The Kier molecular flexibility index (Phi) is 6.53. The lowest BCUT2D eigenvalue weighted by Gasteiger charge is -2.28. The molecule has 1 amide bonds. The highest BCUT2D eigenvalue weighted by molar-refractivity contribution is 7.92. The molecule has 1 aliphatic rings. The lowest BCUT2D eigenvalue weighted by atomic mass is 10.2. The van der Waals surface area contributed by atoms with Crippen LogP contribution in [-0.4, -0.2) is 53.0 Å². The maximum Gasteiger partial charge on any atom is 0.243 e. The molecule has 2 rings (SSSR count). The Labute approximate surface area is 153 Å². The van der Waals surface area contributed by atoms with Crippen LogP contribution in [0.3, 0.4) is 0 Å². The monoisotopic (exact) mass is 390 g/mol. The van der Waals surface area contributed by atoms with E-state index in [0.29, 0.717) is 24.6 Å². The maximum atomic E-state index is 12.4. The Morgan fingerprint density at radius 2 is 2.24 bits per heavy atom. The van der Waals surface area contributed by atoms with Gasteiger partial charge in [0.15, 0.2) is 0 Å². The molecule has 0 saturated carbocycles. The SMILES string of the molecule is COc1ccc(N([C@H](C)C(=O)NC[C@@H]2CCCO2)S(C)(=O)=O)cc1Cl. The Morgan fingerprint density at radius 3 is 2.76 bits per heavy atom. The number of nitrogens with one attached hydrogen (secondary N) is 1. The molecular formula is C16H23ClN2O5S. The Bertz CT molecular complexity index is 719. The molecule has 0 spiro atoms. The van der Waals surface area contributed by atoms with Gasteiger partial charge in [-0.25, -0.2) is 8.42 Å². The second-order valence-electron chi connectivity index (χ2n) is 5.93. The molecule has 1 heterocycles. The number of halogens is 1. The van der Waals surface area contributed by atoms with E-state index in [0.717, 1.165) is 23.4 Å². The van der Waals surface area contributed by atoms with Crippen molar-refractivity contribution in [1.82, 2.24) is 5.32 Å². The van der Waals surface area contributed by atoms with E-state index in [1.807, 2.05) is 0 Å². The number of sulfonamides is 1. The summed E-state index contributed by atoms with van der Waals surface area (Å²) in [6.07, 6.45) is 2.89. The molecule has 1 saturated heterocycles. The molecule has 2 atom stereocenters. The molecule has 1 aromatic rings. The second-order valence-corrected chi connectivity index (χ2v) is 8.20. The summed E-state index contributed by atoms with van der Waals surface area (Å²) >= 11 is 6.09. The topological polar surface area (TPSA) is 84.9 Å². The minimum atomic E-state index is -3.69. The van der Waals surface area contributed by atoms with Crippen molar-refractivity contribution in [2.75, 3.05) is 30.8 Å². The van der Waals surface area contributed by atoms with Gasteiger partial charge in [0.25, 0.3) is 0 Å². The number of nitrogens with zero attached hydrogens (tertiary/aromatic N) is 1. The van der Waals surface area contributed by atoms with Crippen LogP contribution in [0.1, 0.15) is 19.8 Å². The molecule has 1 aromatic carbocycles. The zero-order valence-corrected chi connectivity index (χ0v) is 16.1. The number of hydrogen-bond acceptors (Lipinski definition) is 5. The van der Waals surface area contributed by atoms with Gasteiger partial charge < -0.3 is 14.8 Å². The van der Waals surface area contributed by atoms with Crippen molar-refractivity contribution in [3.63, 3.8) is 0 Å². The second kappa shape index (κ2) is 8.25. The van der Waals surface area contributed by atoms with Gasteiger partial charge >= 0.3 is 0 Å². The predicted octanol–water partition coefficient (Wildman–Crippen LogP) is 1.80. The summed E-state index contributed by atoms with van der Waals surface area (Å²) in [5, 5.41) is 3.02. The van der Waals surface area contributed by atoms with E-state index in [9.17, 15) is 13.2 Å². The van der Waals surface area contributed by atoms with Crippen LogP contribution in [0.2, 0.25) is 5.02 Å². The van der Waals surface area contributed by atoms with Crippen LogP contribution in [0.5, 0.6) is 5.75 Å². The smallest absolute Gasteiger partial charge is 0.243 e. The molecule has 140 valence electrons. The van der Waals surface area contributed by atoms with Crippen LogP contribution in [0, 0.1) is 0 Å². The number of anilines is 1. The third kappa shape index (κ3) is 4.99. The first-order valence-corrected chi connectivity index (χ1v) is 10.2. The summed E-state index contributed by atoms with van der Waals surface area (Å²) in [6, 6.07) is 3.65. The number of hydrogen-bond donors (Lipinski definition) is 1. The predicted molar refractivity (Wildman–Crippen MR) is 96.8 cm³/mol. The van der Waals surface area contributed by atoms with Gasteiger partial charge in [-0.3, -0.25) is 9.10 Å². The molecule has 0 bridgehead atoms. The quantitative estimate of drug-likeness (QED) is 0.767. The molecule has 0 aliphatic carbocycles. The van der Waals surface area contributed by atoms with E-state index in [1.165, 1.54) is 20.1 Å². The zero-order chi connectivity index (χ0) is 18.6. The molecule has 1 aliphatic heterocycles. The summed E-state index contributed by atoms with van der Waals surface area (Å²) < 4.78 is 36.1. The first-order chi connectivity index (χ1) is 11.7. The number of carbonyl (C=O) groups is 1. The lowest BCUT2D eigenvalue weighted by molar-refractivity contribution is -0.122. The molecule has 1 fully saturated rings. The van der Waals surface area contributed by atoms with E-state index < -0.39 is 22.0 Å². The lowest BCUT2D eigenvalue weighted by Crippen LogP contribution is -2.49. The maximum absolute atomic E-state index is 12.4. The molecule has 0 unspecified atom stereocenters. The van der Waals surface area contributed by atoms with Gasteiger partial charge in [0.2, 0.25) is 15.9 Å². The third-order valence-electron chi connectivity index (χ3n) is 4.01. The first-order valence-electron chi connectivity index (χ1n) is 7.96. The fourth-order valence-electron chi connectivity index (χ4n) is 2.77. The molecule has 9 heteroatoms. The summed E-state index contributed by atoms with van der Waals surface area (Å²) in [5.74, 6) is 0.0298. The standard InChI is InChI=1S/C16H23ClN2O5S/c1-11(16(20)18-10-13-5-4-8-24-13)19(25(3,21)22)12-6-7-15(23-2)14(17)9-12/h6-7,9,11,13H,4-5,8,10H2,1-3H3,(H,18,20)/t11-,13+/m1/s1. The average molecular weight is 391 g/mol. The van der Waals surface area contributed by atoms with E-state index >= 15 is 0 Å². The van der Waals surface area contributed by atoms with Crippen LogP contribution in [0.25, 0.3) is 0 Å². The largest absolute Gasteiger partial charge is 0.495 e. The van der Waals surface area contributed by atoms with Crippen molar-refractivity contribution in [3.8, 4) is 5.75 Å². The van der Waals surface area contributed by atoms with Crippen molar-refractivity contribution in [3.05, 3.63) is 23.2 Å². The molecule has 0 aromatic heterocycles. The molecule has 1 N–H and O–H groups in total. The fourth-order valence-corrected chi connectivity index (χ4v) is 4.19. The molecule has 0 radical (unpaired) electrons. The van der Waals surface area contributed by atoms with Crippen LogP contribution < -0.4 is 14.4 Å². The minimum absolute atomic E-state index is 0.0155. The van der Waals surface area contributed by atoms with Crippen LogP contribution in [-0.2, 0) is 19.6 Å². The number of ether oxygens (including phenoxy) is 2. The Hall–Kier alpha value is -1.51. The van der Waals surface area contributed by atoms with E-state index in [4.69, 9.17) is 21.1 Å². The van der Waals surface area contributed by atoms with E-state index in [-0.39, 0.29) is 11.1 Å². The van der Waals surface area contributed by atoms with Crippen molar-refractivity contribution >= 4 is 33.2 Å². The number of amides is 1. The summed E-state index contributed by atoms with van der Waals surface area (Å²) in [4.78, 5) is 12.4. The van der Waals surface area contributed by atoms with Gasteiger partial charge in [0, 0.05) is 13.2 Å². The van der Waals surface area contributed by atoms with E-state index in [2.05, 4.69) is 5.32 Å². The summed E-state index contributed by atoms with van der Waals surface area (Å²) in [6.45, 7) is 2.59. The number of benzene rings is 1. The highest BCUT2D eigenvalue weighted by atomic mass is 35.5. The van der Waals surface area contributed by atoms with Gasteiger partial charge in [-0.2, -0.15) is 0 Å². The van der Waals surface area contributed by atoms with Crippen molar-refractivity contribution in [1.29, 1.82) is 0 Å². The third-order valence-corrected chi connectivity index (χ3v) is 5.54. The Balaban J connectivity index is 2.18. The number of methoxy groups -OCH3 is 1. The number of carbonyl (C=O) groups excluding carboxylic acids is 1. The molecule has 25 heavy (non-hydrogen) atoms. The highest BCUT2D eigenvalue weighted by Gasteiger charge is 2.30.